The molecule has 1 aromatic heterocycles. The van der Waals surface area contributed by atoms with Crippen molar-refractivity contribution in [1.82, 2.24) is 5.32 Å². The molecule has 0 radical (unpaired) electrons. The topological polar surface area (TPSA) is 12.0 Å². The van der Waals surface area contributed by atoms with Crippen LogP contribution in [0.3, 0.4) is 0 Å². The van der Waals surface area contributed by atoms with E-state index in [-0.39, 0.29) is 5.41 Å². The van der Waals surface area contributed by atoms with Gasteiger partial charge in [-0.05, 0) is 36.6 Å². The maximum Gasteiger partial charge on any atom is 0.0115 e. The van der Waals surface area contributed by atoms with Crippen molar-refractivity contribution in [2.75, 3.05) is 6.54 Å². The maximum atomic E-state index is 3.78. The Labute approximate surface area is 110 Å². The Balaban J connectivity index is 1.82. The monoisotopic (exact) mass is 251 g/mol. The largest absolute Gasteiger partial charge is 0.313 e. The number of hydrogen-bond acceptors (Lipinski definition) is 2. The number of rotatable bonds is 5. The van der Waals surface area contributed by atoms with E-state index in [9.17, 15) is 0 Å². The van der Waals surface area contributed by atoms with Crippen LogP contribution in [0.4, 0.5) is 0 Å². The number of nitrogens with one attached hydrogen (secondary N) is 1. The van der Waals surface area contributed by atoms with Gasteiger partial charge in [0.15, 0.2) is 0 Å². The van der Waals surface area contributed by atoms with Gasteiger partial charge in [-0.1, -0.05) is 33.3 Å². The molecule has 0 amide bonds. The molecule has 1 nitrogen and oxygen atoms in total. The van der Waals surface area contributed by atoms with E-state index >= 15 is 0 Å². The Bertz CT molecular complexity index is 329. The molecule has 2 unspecified atom stereocenters. The van der Waals surface area contributed by atoms with Crippen LogP contribution in [0.15, 0.2) is 17.5 Å². The molecule has 1 aliphatic rings. The summed E-state index contributed by atoms with van der Waals surface area (Å²) >= 11 is 1.88. The van der Waals surface area contributed by atoms with Crippen molar-refractivity contribution in [3.63, 3.8) is 0 Å². The van der Waals surface area contributed by atoms with Gasteiger partial charge in [-0.2, -0.15) is 0 Å². The van der Waals surface area contributed by atoms with Crippen LogP contribution in [0.25, 0.3) is 0 Å². The van der Waals surface area contributed by atoms with Crippen LogP contribution in [-0.4, -0.2) is 12.6 Å². The minimum Gasteiger partial charge on any atom is -0.313 e. The molecular formula is C15H25NS. The molecule has 1 heterocycles. The van der Waals surface area contributed by atoms with E-state index in [0.717, 1.165) is 18.5 Å². The van der Waals surface area contributed by atoms with Crippen LogP contribution in [0.2, 0.25) is 0 Å². The molecular weight excluding hydrogens is 226 g/mol. The van der Waals surface area contributed by atoms with Gasteiger partial charge in [0.1, 0.15) is 0 Å². The first kappa shape index (κ1) is 13.1. The smallest absolute Gasteiger partial charge is 0.0115 e. The summed E-state index contributed by atoms with van der Waals surface area (Å²) in [6.07, 6.45) is 5.54. The molecule has 1 N–H and O–H groups in total. The lowest BCUT2D eigenvalue weighted by Gasteiger charge is -2.26. The SMILES string of the molecule is CCC1CCC(NCC(C)(C)c2cccs2)C1. The molecule has 0 spiro atoms. The van der Waals surface area contributed by atoms with Crippen molar-refractivity contribution in [1.29, 1.82) is 0 Å². The van der Waals surface area contributed by atoms with Gasteiger partial charge < -0.3 is 5.32 Å². The molecule has 96 valence electrons. The van der Waals surface area contributed by atoms with E-state index in [4.69, 9.17) is 0 Å². The fourth-order valence-electron chi connectivity index (χ4n) is 2.78. The lowest BCUT2D eigenvalue weighted by molar-refractivity contribution is 0.412. The van der Waals surface area contributed by atoms with E-state index in [1.54, 1.807) is 0 Å². The van der Waals surface area contributed by atoms with E-state index in [1.165, 1.54) is 30.6 Å². The highest BCUT2D eigenvalue weighted by Crippen LogP contribution is 2.30. The zero-order valence-electron chi connectivity index (χ0n) is 11.3. The summed E-state index contributed by atoms with van der Waals surface area (Å²) in [7, 11) is 0. The average molecular weight is 251 g/mol. The van der Waals surface area contributed by atoms with Crippen LogP contribution < -0.4 is 5.32 Å². The second kappa shape index (κ2) is 5.53. The molecule has 1 fully saturated rings. The van der Waals surface area contributed by atoms with Gasteiger partial charge in [0, 0.05) is 22.9 Å². The van der Waals surface area contributed by atoms with Crippen molar-refractivity contribution >= 4 is 11.3 Å². The minimum absolute atomic E-state index is 0.276. The molecule has 17 heavy (non-hydrogen) atoms. The summed E-state index contributed by atoms with van der Waals surface area (Å²) in [6.45, 7) is 8.12. The quantitative estimate of drug-likeness (QED) is 0.827. The summed E-state index contributed by atoms with van der Waals surface area (Å²) in [5, 5.41) is 5.96. The third-order valence-corrected chi connectivity index (χ3v) is 5.38. The first-order valence-corrected chi connectivity index (χ1v) is 7.77. The molecule has 2 heteroatoms. The summed E-state index contributed by atoms with van der Waals surface area (Å²) < 4.78 is 0. The van der Waals surface area contributed by atoms with Gasteiger partial charge in [-0.15, -0.1) is 11.3 Å². The molecule has 1 aliphatic carbocycles. The Hall–Kier alpha value is -0.340. The molecule has 2 atom stereocenters. The Morgan fingerprint density at radius 3 is 2.82 bits per heavy atom. The molecule has 0 aromatic carbocycles. The van der Waals surface area contributed by atoms with Gasteiger partial charge in [0.25, 0.3) is 0 Å². The van der Waals surface area contributed by atoms with Gasteiger partial charge in [-0.3, -0.25) is 0 Å². The second-order valence-corrected chi connectivity index (χ2v) is 6.97. The van der Waals surface area contributed by atoms with Crippen molar-refractivity contribution < 1.29 is 0 Å². The molecule has 0 saturated heterocycles. The number of hydrogen-bond donors (Lipinski definition) is 1. The van der Waals surface area contributed by atoms with E-state index in [2.05, 4.69) is 43.6 Å². The van der Waals surface area contributed by atoms with Crippen molar-refractivity contribution in [3.8, 4) is 0 Å². The summed E-state index contributed by atoms with van der Waals surface area (Å²) in [6, 6.07) is 5.18. The molecule has 0 aliphatic heterocycles. The summed E-state index contributed by atoms with van der Waals surface area (Å²) in [5.74, 6) is 0.970. The van der Waals surface area contributed by atoms with Crippen LogP contribution in [0, 0.1) is 5.92 Å². The Morgan fingerprint density at radius 2 is 2.24 bits per heavy atom. The molecule has 1 saturated carbocycles. The van der Waals surface area contributed by atoms with Crippen LogP contribution in [-0.2, 0) is 5.41 Å². The summed E-state index contributed by atoms with van der Waals surface area (Å²) in [4.78, 5) is 1.50. The first-order valence-electron chi connectivity index (χ1n) is 6.89. The lowest BCUT2D eigenvalue weighted by Crippen LogP contribution is -2.37. The average Bonchev–Trinajstić information content (AvgIpc) is 2.98. The van der Waals surface area contributed by atoms with Crippen LogP contribution in [0.5, 0.6) is 0 Å². The Kier molecular flexibility index (Phi) is 4.26. The molecule has 1 aromatic rings. The third-order valence-electron chi connectivity index (χ3n) is 4.14. The highest BCUT2D eigenvalue weighted by atomic mass is 32.1. The van der Waals surface area contributed by atoms with E-state index in [1.807, 2.05) is 11.3 Å². The fraction of sp³-hybridized carbons (Fsp3) is 0.733. The summed E-state index contributed by atoms with van der Waals surface area (Å²) in [5.41, 5.74) is 0.276. The predicted molar refractivity (Wildman–Crippen MR) is 76.8 cm³/mol. The van der Waals surface area contributed by atoms with E-state index < -0.39 is 0 Å². The maximum absolute atomic E-state index is 3.78. The molecule has 2 rings (SSSR count). The van der Waals surface area contributed by atoms with Crippen LogP contribution >= 0.6 is 11.3 Å². The zero-order chi connectivity index (χ0) is 12.3. The second-order valence-electron chi connectivity index (χ2n) is 6.03. The van der Waals surface area contributed by atoms with Crippen molar-refractivity contribution in [3.05, 3.63) is 22.4 Å². The third kappa shape index (κ3) is 3.32. The van der Waals surface area contributed by atoms with Gasteiger partial charge in [0.05, 0.1) is 0 Å². The van der Waals surface area contributed by atoms with Gasteiger partial charge in [0.2, 0.25) is 0 Å². The van der Waals surface area contributed by atoms with Crippen molar-refractivity contribution in [2.24, 2.45) is 5.92 Å². The van der Waals surface area contributed by atoms with E-state index in [0.29, 0.717) is 0 Å². The predicted octanol–water partition coefficient (Wildman–Crippen LogP) is 4.19. The molecule has 0 bridgehead atoms. The first-order chi connectivity index (χ1) is 8.12. The normalized spacial score (nSPS) is 25.4. The van der Waals surface area contributed by atoms with Crippen LogP contribution in [0.1, 0.15) is 51.3 Å². The van der Waals surface area contributed by atoms with Crippen molar-refractivity contribution in [2.45, 2.75) is 57.9 Å². The number of thiophene rings is 1. The highest BCUT2D eigenvalue weighted by Gasteiger charge is 2.26. The van der Waals surface area contributed by atoms with Gasteiger partial charge >= 0.3 is 0 Å². The van der Waals surface area contributed by atoms with Gasteiger partial charge in [-0.25, -0.2) is 0 Å². The zero-order valence-corrected chi connectivity index (χ0v) is 12.1. The minimum atomic E-state index is 0.276. The fourth-order valence-corrected chi connectivity index (χ4v) is 3.63. The Morgan fingerprint density at radius 1 is 1.41 bits per heavy atom. The standard InChI is InChI=1S/C15H25NS/c1-4-12-7-8-13(10-12)16-11-15(2,3)14-6-5-9-17-14/h5-6,9,12-13,16H,4,7-8,10-11H2,1-3H3. The lowest BCUT2D eigenvalue weighted by atomic mass is 9.91. The highest BCUT2D eigenvalue weighted by molar-refractivity contribution is 7.10.